The maximum absolute atomic E-state index is 13.1. The number of ether oxygens (including phenoxy) is 1. The largest absolute Gasteiger partial charge is 0.481 e. The Morgan fingerprint density at radius 1 is 1.21 bits per heavy atom. The molecule has 0 aliphatic heterocycles. The molecule has 0 aliphatic rings. The molecule has 10 heteroatoms. The summed E-state index contributed by atoms with van der Waals surface area (Å²) in [5, 5.41) is 18.1. The van der Waals surface area contributed by atoms with Crippen LogP contribution in [0.4, 0.5) is 13.2 Å². The molecule has 28 heavy (non-hydrogen) atoms. The van der Waals surface area contributed by atoms with E-state index in [9.17, 15) is 31.6 Å². The van der Waals surface area contributed by atoms with Gasteiger partial charge in [-0.25, -0.2) is 8.42 Å². The van der Waals surface area contributed by atoms with E-state index in [0.29, 0.717) is 12.1 Å². The van der Waals surface area contributed by atoms with Crippen LogP contribution in [0, 0.1) is 11.3 Å². The highest BCUT2D eigenvalue weighted by molar-refractivity contribution is 7.91. The van der Waals surface area contributed by atoms with Gasteiger partial charge in [0.05, 0.1) is 28.2 Å². The predicted molar refractivity (Wildman–Crippen MR) is 91.7 cm³/mol. The molecule has 148 valence electrons. The molecular formula is C18H14F3NO5S. The minimum absolute atomic E-state index is 0.116. The second-order valence-electron chi connectivity index (χ2n) is 5.71. The van der Waals surface area contributed by atoms with Crippen molar-refractivity contribution in [2.24, 2.45) is 0 Å². The molecule has 0 fully saturated rings. The molecule has 2 aromatic carbocycles. The topological polar surface area (TPSA) is 104 Å². The number of nitrogens with zero attached hydrogens (tertiary/aromatic N) is 1. The number of alkyl halides is 3. The van der Waals surface area contributed by atoms with Crippen molar-refractivity contribution in [3.8, 4) is 17.6 Å². The first-order chi connectivity index (χ1) is 13.0. The first kappa shape index (κ1) is 21.2. The fourth-order valence-corrected chi connectivity index (χ4v) is 3.24. The normalized spacial score (nSPS) is 11.7. The predicted octanol–water partition coefficient (Wildman–Crippen LogP) is 3.79. The summed E-state index contributed by atoms with van der Waals surface area (Å²) in [7, 11) is -3.59. The quantitative estimate of drug-likeness (QED) is 0.773. The Morgan fingerprint density at radius 3 is 2.43 bits per heavy atom. The molecule has 0 unspecified atom stereocenters. The lowest BCUT2D eigenvalue weighted by molar-refractivity contribution is -0.138. The van der Waals surface area contributed by atoms with E-state index in [-0.39, 0.29) is 33.3 Å². The molecule has 0 bridgehead atoms. The van der Waals surface area contributed by atoms with Gasteiger partial charge >= 0.3 is 12.1 Å². The summed E-state index contributed by atoms with van der Waals surface area (Å²) in [6, 6.07) is 7.63. The lowest BCUT2D eigenvalue weighted by Gasteiger charge is -2.13. The van der Waals surface area contributed by atoms with Gasteiger partial charge in [-0.15, -0.1) is 0 Å². The SMILES string of the molecule is CCS(=O)(=O)c1ccc(Oc2cc(CC(=O)O)cc(C(F)(F)F)c2)c(C#N)c1. The van der Waals surface area contributed by atoms with E-state index < -0.39 is 34.0 Å². The molecule has 0 atom stereocenters. The van der Waals surface area contributed by atoms with E-state index in [0.717, 1.165) is 18.2 Å². The molecule has 2 rings (SSSR count). The van der Waals surface area contributed by atoms with Crippen LogP contribution in [0.1, 0.15) is 23.6 Å². The summed E-state index contributed by atoms with van der Waals surface area (Å²) in [6.45, 7) is 1.43. The number of hydrogen-bond acceptors (Lipinski definition) is 5. The van der Waals surface area contributed by atoms with Crippen LogP contribution >= 0.6 is 0 Å². The van der Waals surface area contributed by atoms with E-state index >= 15 is 0 Å². The van der Waals surface area contributed by atoms with E-state index in [2.05, 4.69) is 0 Å². The highest BCUT2D eigenvalue weighted by atomic mass is 32.2. The van der Waals surface area contributed by atoms with E-state index in [4.69, 9.17) is 9.84 Å². The zero-order valence-corrected chi connectivity index (χ0v) is 15.3. The Bertz CT molecular complexity index is 1060. The molecular weight excluding hydrogens is 399 g/mol. The third-order valence-electron chi connectivity index (χ3n) is 3.69. The van der Waals surface area contributed by atoms with Crippen LogP contribution in [0.2, 0.25) is 0 Å². The van der Waals surface area contributed by atoms with E-state index in [1.165, 1.54) is 13.0 Å². The van der Waals surface area contributed by atoms with Crippen LogP contribution in [0.5, 0.6) is 11.5 Å². The smallest absolute Gasteiger partial charge is 0.416 e. The highest BCUT2D eigenvalue weighted by Crippen LogP contribution is 2.35. The number of carboxylic acids is 1. The van der Waals surface area contributed by atoms with Gasteiger partial charge in [-0.1, -0.05) is 6.92 Å². The summed E-state index contributed by atoms with van der Waals surface area (Å²) in [5.74, 6) is -1.99. The maximum atomic E-state index is 13.1. The zero-order chi connectivity index (χ0) is 21.1. The minimum atomic E-state index is -4.73. The van der Waals surface area contributed by atoms with Crippen LogP contribution < -0.4 is 4.74 Å². The molecule has 0 heterocycles. The van der Waals surface area contributed by atoms with Crippen LogP contribution in [0.15, 0.2) is 41.3 Å². The number of sulfone groups is 1. The number of halogens is 3. The van der Waals surface area contributed by atoms with Crippen molar-refractivity contribution in [3.05, 3.63) is 53.1 Å². The average Bonchev–Trinajstić information content (AvgIpc) is 2.60. The van der Waals surface area contributed by atoms with Crippen molar-refractivity contribution in [2.75, 3.05) is 5.75 Å². The second-order valence-corrected chi connectivity index (χ2v) is 7.99. The number of benzene rings is 2. The summed E-state index contributed by atoms with van der Waals surface area (Å²) in [6.07, 6.45) is -5.39. The molecule has 2 aromatic rings. The van der Waals surface area contributed by atoms with Crippen molar-refractivity contribution in [1.82, 2.24) is 0 Å². The molecule has 0 radical (unpaired) electrons. The fraction of sp³-hybridized carbons (Fsp3) is 0.222. The number of rotatable bonds is 6. The Labute approximate surface area is 158 Å². The van der Waals surface area contributed by atoms with Gasteiger partial charge in [-0.3, -0.25) is 4.79 Å². The Morgan fingerprint density at radius 2 is 1.89 bits per heavy atom. The van der Waals surface area contributed by atoms with Gasteiger partial charge in [0.25, 0.3) is 0 Å². The minimum Gasteiger partial charge on any atom is -0.481 e. The standard InChI is InChI=1S/C18H14F3NO5S/c1-2-28(25,26)15-3-4-16(12(8-15)10-22)27-14-6-11(7-17(23)24)5-13(9-14)18(19,20)21/h3-6,8-9H,2,7H2,1H3,(H,23,24). The molecule has 6 nitrogen and oxygen atoms in total. The van der Waals surface area contributed by atoms with Gasteiger partial charge in [0.1, 0.15) is 17.6 Å². The van der Waals surface area contributed by atoms with Gasteiger partial charge < -0.3 is 9.84 Å². The third-order valence-corrected chi connectivity index (χ3v) is 5.42. The number of nitriles is 1. The monoisotopic (exact) mass is 413 g/mol. The van der Waals surface area contributed by atoms with Gasteiger partial charge in [-0.05, 0) is 42.0 Å². The fourth-order valence-electron chi connectivity index (χ4n) is 2.33. The Hall–Kier alpha value is -3.06. The number of aliphatic carboxylic acids is 1. The molecule has 0 spiro atoms. The molecule has 0 aromatic heterocycles. The summed E-state index contributed by atoms with van der Waals surface area (Å²) in [5.41, 5.74) is -1.43. The molecule has 0 amide bonds. The van der Waals surface area contributed by atoms with E-state index in [1.807, 2.05) is 0 Å². The maximum Gasteiger partial charge on any atom is 0.416 e. The summed E-state index contributed by atoms with van der Waals surface area (Å²) < 4.78 is 68.4. The molecule has 0 saturated heterocycles. The Balaban J connectivity index is 2.50. The molecule has 0 saturated carbocycles. The van der Waals surface area contributed by atoms with Gasteiger partial charge in [-0.2, -0.15) is 18.4 Å². The Kier molecular flexibility index (Phi) is 5.99. The molecule has 1 N–H and O–H groups in total. The lowest BCUT2D eigenvalue weighted by atomic mass is 10.1. The van der Waals surface area contributed by atoms with Gasteiger partial charge in [0.2, 0.25) is 0 Å². The van der Waals surface area contributed by atoms with E-state index in [1.54, 1.807) is 6.07 Å². The lowest BCUT2D eigenvalue weighted by Crippen LogP contribution is -2.08. The van der Waals surface area contributed by atoms with Crippen LogP contribution in [-0.2, 0) is 27.2 Å². The molecule has 0 aliphatic carbocycles. The van der Waals surface area contributed by atoms with Crippen molar-refractivity contribution < 1.29 is 36.2 Å². The summed E-state index contributed by atoms with van der Waals surface area (Å²) >= 11 is 0. The number of carbonyl (C=O) groups is 1. The highest BCUT2D eigenvalue weighted by Gasteiger charge is 2.31. The first-order valence-electron chi connectivity index (χ1n) is 7.84. The van der Waals surface area contributed by atoms with Crippen LogP contribution in [0.3, 0.4) is 0 Å². The average molecular weight is 413 g/mol. The van der Waals surface area contributed by atoms with Crippen molar-refractivity contribution in [2.45, 2.75) is 24.4 Å². The van der Waals surface area contributed by atoms with Crippen molar-refractivity contribution in [3.63, 3.8) is 0 Å². The third kappa shape index (κ3) is 5.01. The van der Waals surface area contributed by atoms with Crippen molar-refractivity contribution in [1.29, 1.82) is 5.26 Å². The van der Waals surface area contributed by atoms with Gasteiger partial charge in [0, 0.05) is 0 Å². The van der Waals surface area contributed by atoms with Crippen LogP contribution in [-0.4, -0.2) is 25.2 Å². The number of carboxylic acid groups (broad SMARTS) is 1. The second kappa shape index (κ2) is 7.90. The van der Waals surface area contributed by atoms with Crippen LogP contribution in [0.25, 0.3) is 0 Å². The zero-order valence-electron chi connectivity index (χ0n) is 14.4. The van der Waals surface area contributed by atoms with Crippen molar-refractivity contribution >= 4 is 15.8 Å². The van der Waals surface area contributed by atoms with Gasteiger partial charge in [0.15, 0.2) is 9.84 Å². The summed E-state index contributed by atoms with van der Waals surface area (Å²) in [4.78, 5) is 10.7. The first-order valence-corrected chi connectivity index (χ1v) is 9.49. The number of hydrogen-bond donors (Lipinski definition) is 1.